The highest BCUT2D eigenvalue weighted by molar-refractivity contribution is 5.84. The van der Waals surface area contributed by atoms with Crippen LogP contribution in [0.4, 0.5) is 5.69 Å². The molecule has 0 bridgehead atoms. The van der Waals surface area contributed by atoms with Gasteiger partial charge in [-0.05, 0) is 37.6 Å². The number of hydrogen-bond donors (Lipinski definition) is 2. The first-order valence-corrected chi connectivity index (χ1v) is 6.47. The van der Waals surface area contributed by atoms with Crippen molar-refractivity contribution in [2.75, 3.05) is 25.4 Å². The summed E-state index contributed by atoms with van der Waals surface area (Å²) in [4.78, 5) is 25.0. The Balaban J connectivity index is 1.87. The Labute approximate surface area is 117 Å². The Bertz CT molecular complexity index is 515. The van der Waals surface area contributed by atoms with Gasteiger partial charge in [-0.15, -0.1) is 0 Å². The zero-order chi connectivity index (χ0) is 14.8. The molecule has 2 rings (SSSR count). The number of carbonyl (C=O) groups excluding carboxylic acids is 2. The van der Waals surface area contributed by atoms with Gasteiger partial charge in [0, 0.05) is 18.8 Å². The molecule has 0 radical (unpaired) electrons. The van der Waals surface area contributed by atoms with Crippen molar-refractivity contribution >= 4 is 17.5 Å². The summed E-state index contributed by atoms with van der Waals surface area (Å²) >= 11 is 0. The maximum absolute atomic E-state index is 12.0. The zero-order valence-corrected chi connectivity index (χ0v) is 11.5. The summed E-state index contributed by atoms with van der Waals surface area (Å²) in [5, 5.41) is 0. The van der Waals surface area contributed by atoms with Gasteiger partial charge < -0.3 is 21.1 Å². The predicted molar refractivity (Wildman–Crippen MR) is 74.8 cm³/mol. The summed E-state index contributed by atoms with van der Waals surface area (Å²) in [5.74, 6) is 0.0727. The molecule has 6 nitrogen and oxygen atoms in total. The summed E-state index contributed by atoms with van der Waals surface area (Å²) in [6.07, 6.45) is 0.593. The van der Waals surface area contributed by atoms with Crippen molar-refractivity contribution in [1.29, 1.82) is 0 Å². The van der Waals surface area contributed by atoms with Gasteiger partial charge in [0.2, 0.25) is 5.91 Å². The Morgan fingerprint density at radius 2 is 2.00 bits per heavy atom. The molecule has 2 amide bonds. The van der Waals surface area contributed by atoms with Crippen molar-refractivity contribution in [2.24, 2.45) is 11.1 Å². The standard InChI is InChI=1S/C14H19N3O3/c1-14(13(16)19)6-7-17(9-14)12(18)8-20-11-4-2-10(15)3-5-11/h2-5H,6-9,15H2,1H3,(H2,16,19). The first-order chi connectivity index (χ1) is 9.40. The minimum absolute atomic E-state index is 0.0568. The van der Waals surface area contributed by atoms with Gasteiger partial charge in [-0.2, -0.15) is 0 Å². The SMILES string of the molecule is CC1(C(N)=O)CCN(C(=O)COc2ccc(N)cc2)C1. The van der Waals surface area contributed by atoms with Gasteiger partial charge in [-0.3, -0.25) is 9.59 Å². The van der Waals surface area contributed by atoms with E-state index in [1.165, 1.54) is 0 Å². The minimum atomic E-state index is -0.628. The second-order valence-corrected chi connectivity index (χ2v) is 5.35. The third-order valence-corrected chi connectivity index (χ3v) is 3.66. The number of nitrogens with zero attached hydrogens (tertiary/aromatic N) is 1. The molecular weight excluding hydrogens is 258 g/mol. The van der Waals surface area contributed by atoms with Crippen molar-refractivity contribution in [2.45, 2.75) is 13.3 Å². The lowest BCUT2D eigenvalue weighted by Crippen LogP contribution is -2.40. The number of nitrogen functional groups attached to an aromatic ring is 1. The molecule has 1 heterocycles. The number of benzene rings is 1. The van der Waals surface area contributed by atoms with E-state index in [-0.39, 0.29) is 18.4 Å². The Kier molecular flexibility index (Phi) is 3.83. The Hall–Kier alpha value is -2.24. The van der Waals surface area contributed by atoms with E-state index in [1.54, 1.807) is 36.1 Å². The van der Waals surface area contributed by atoms with Crippen LogP contribution in [-0.2, 0) is 9.59 Å². The van der Waals surface area contributed by atoms with Crippen molar-refractivity contribution in [3.63, 3.8) is 0 Å². The molecule has 6 heteroatoms. The number of hydrogen-bond acceptors (Lipinski definition) is 4. The average molecular weight is 277 g/mol. The third kappa shape index (κ3) is 3.01. The van der Waals surface area contributed by atoms with E-state index in [0.717, 1.165) is 0 Å². The van der Waals surface area contributed by atoms with Gasteiger partial charge in [-0.1, -0.05) is 0 Å². The lowest BCUT2D eigenvalue weighted by Gasteiger charge is -2.21. The number of anilines is 1. The fourth-order valence-corrected chi connectivity index (χ4v) is 2.18. The van der Waals surface area contributed by atoms with Crippen LogP contribution in [0.1, 0.15) is 13.3 Å². The molecule has 1 aromatic rings. The Morgan fingerprint density at radius 1 is 1.35 bits per heavy atom. The largest absolute Gasteiger partial charge is 0.484 e. The van der Waals surface area contributed by atoms with E-state index in [0.29, 0.717) is 30.9 Å². The number of rotatable bonds is 4. The molecular formula is C14H19N3O3. The predicted octanol–water partition coefficient (Wildman–Crippen LogP) is 0.372. The van der Waals surface area contributed by atoms with Crippen LogP contribution >= 0.6 is 0 Å². The third-order valence-electron chi connectivity index (χ3n) is 3.66. The molecule has 108 valence electrons. The summed E-state index contributed by atoms with van der Waals surface area (Å²) < 4.78 is 5.40. The molecule has 4 N–H and O–H groups in total. The van der Waals surface area contributed by atoms with Crippen molar-refractivity contribution in [3.05, 3.63) is 24.3 Å². The summed E-state index contributed by atoms with van der Waals surface area (Å²) in [6, 6.07) is 6.83. The first-order valence-electron chi connectivity index (χ1n) is 6.47. The van der Waals surface area contributed by atoms with Crippen LogP contribution in [0.3, 0.4) is 0 Å². The Morgan fingerprint density at radius 3 is 2.55 bits per heavy atom. The lowest BCUT2D eigenvalue weighted by molar-refractivity contribution is -0.133. The van der Waals surface area contributed by atoms with Gasteiger partial charge >= 0.3 is 0 Å². The quantitative estimate of drug-likeness (QED) is 0.777. The highest BCUT2D eigenvalue weighted by atomic mass is 16.5. The highest BCUT2D eigenvalue weighted by Crippen LogP contribution is 2.29. The molecule has 0 aromatic heterocycles. The summed E-state index contributed by atoms with van der Waals surface area (Å²) in [7, 11) is 0. The van der Waals surface area contributed by atoms with Gasteiger partial charge in [-0.25, -0.2) is 0 Å². The van der Waals surface area contributed by atoms with E-state index in [9.17, 15) is 9.59 Å². The van der Waals surface area contributed by atoms with E-state index >= 15 is 0 Å². The monoisotopic (exact) mass is 277 g/mol. The number of primary amides is 1. The topological polar surface area (TPSA) is 98.7 Å². The molecule has 0 spiro atoms. The first kappa shape index (κ1) is 14.2. The molecule has 1 fully saturated rings. The van der Waals surface area contributed by atoms with E-state index in [2.05, 4.69) is 0 Å². The highest BCUT2D eigenvalue weighted by Gasteiger charge is 2.40. The summed E-state index contributed by atoms with van der Waals surface area (Å²) in [6.45, 7) is 2.61. The minimum Gasteiger partial charge on any atom is -0.484 e. The molecule has 1 atom stereocenters. The fraction of sp³-hybridized carbons (Fsp3) is 0.429. The van der Waals surface area contributed by atoms with Crippen LogP contribution in [0.25, 0.3) is 0 Å². The second kappa shape index (κ2) is 5.40. The number of amides is 2. The molecule has 1 aliphatic rings. The average Bonchev–Trinajstić information content (AvgIpc) is 2.82. The van der Waals surface area contributed by atoms with Gasteiger partial charge in [0.05, 0.1) is 5.41 Å². The fourth-order valence-electron chi connectivity index (χ4n) is 2.18. The molecule has 0 aliphatic carbocycles. The molecule has 0 saturated carbocycles. The van der Waals surface area contributed by atoms with E-state index < -0.39 is 5.41 Å². The van der Waals surface area contributed by atoms with E-state index in [1.807, 2.05) is 0 Å². The van der Waals surface area contributed by atoms with Crippen molar-refractivity contribution in [3.8, 4) is 5.75 Å². The van der Waals surface area contributed by atoms with E-state index in [4.69, 9.17) is 16.2 Å². The number of likely N-dealkylation sites (tertiary alicyclic amines) is 1. The maximum Gasteiger partial charge on any atom is 0.260 e. The lowest BCUT2D eigenvalue weighted by atomic mass is 9.89. The van der Waals surface area contributed by atoms with Crippen molar-refractivity contribution in [1.82, 2.24) is 4.90 Å². The number of ether oxygens (including phenoxy) is 1. The molecule has 1 unspecified atom stereocenters. The molecule has 1 saturated heterocycles. The van der Waals surface area contributed by atoms with Crippen LogP contribution in [-0.4, -0.2) is 36.4 Å². The van der Waals surface area contributed by atoms with Gasteiger partial charge in [0.1, 0.15) is 5.75 Å². The van der Waals surface area contributed by atoms with Crippen molar-refractivity contribution < 1.29 is 14.3 Å². The smallest absolute Gasteiger partial charge is 0.260 e. The van der Waals surface area contributed by atoms with Crippen LogP contribution in [0.15, 0.2) is 24.3 Å². The second-order valence-electron chi connectivity index (χ2n) is 5.35. The molecule has 1 aliphatic heterocycles. The molecule has 20 heavy (non-hydrogen) atoms. The molecule has 1 aromatic carbocycles. The maximum atomic E-state index is 12.0. The van der Waals surface area contributed by atoms with Gasteiger partial charge in [0.15, 0.2) is 6.61 Å². The normalized spacial score (nSPS) is 21.8. The van der Waals surface area contributed by atoms with Crippen LogP contribution in [0, 0.1) is 5.41 Å². The number of carbonyl (C=O) groups is 2. The zero-order valence-electron chi connectivity index (χ0n) is 11.5. The summed E-state index contributed by atoms with van der Waals surface area (Å²) in [5.41, 5.74) is 10.9. The van der Waals surface area contributed by atoms with Crippen LogP contribution in [0.2, 0.25) is 0 Å². The van der Waals surface area contributed by atoms with Crippen LogP contribution < -0.4 is 16.2 Å². The number of nitrogens with two attached hydrogens (primary N) is 2. The van der Waals surface area contributed by atoms with Gasteiger partial charge in [0.25, 0.3) is 5.91 Å². The van der Waals surface area contributed by atoms with Crippen LogP contribution in [0.5, 0.6) is 5.75 Å².